The predicted molar refractivity (Wildman–Crippen MR) is 64.0 cm³/mol. The SMILES string of the molecule is CNCC=Cc1ccc(C(=O)CC#N)cc1. The van der Waals surface area contributed by atoms with E-state index in [0.717, 1.165) is 12.1 Å². The minimum absolute atomic E-state index is 0.0606. The number of ketones is 1. The van der Waals surface area contributed by atoms with Crippen LogP contribution in [0, 0.1) is 11.3 Å². The Balaban J connectivity index is 2.68. The molecule has 0 aliphatic heterocycles. The van der Waals surface area contributed by atoms with Crippen molar-refractivity contribution in [3.63, 3.8) is 0 Å². The minimum atomic E-state index is -0.131. The third-order valence-electron chi connectivity index (χ3n) is 2.10. The van der Waals surface area contributed by atoms with E-state index < -0.39 is 0 Å². The summed E-state index contributed by atoms with van der Waals surface area (Å²) < 4.78 is 0. The highest BCUT2D eigenvalue weighted by Gasteiger charge is 2.03. The van der Waals surface area contributed by atoms with Gasteiger partial charge in [0.2, 0.25) is 0 Å². The first-order valence-electron chi connectivity index (χ1n) is 5.09. The number of benzene rings is 1. The maximum Gasteiger partial charge on any atom is 0.176 e. The van der Waals surface area contributed by atoms with Crippen LogP contribution in [0.2, 0.25) is 0 Å². The molecule has 16 heavy (non-hydrogen) atoms. The Labute approximate surface area is 95.4 Å². The van der Waals surface area contributed by atoms with Crippen molar-refractivity contribution in [2.45, 2.75) is 6.42 Å². The van der Waals surface area contributed by atoms with Crippen molar-refractivity contribution >= 4 is 11.9 Å². The van der Waals surface area contributed by atoms with Crippen molar-refractivity contribution in [2.24, 2.45) is 0 Å². The standard InChI is InChI=1S/C13H14N2O/c1-15-10-2-3-11-4-6-12(7-5-11)13(16)8-9-14/h2-7,15H,8,10H2,1H3. The van der Waals surface area contributed by atoms with Gasteiger partial charge in [-0.2, -0.15) is 5.26 Å². The molecule has 0 aromatic heterocycles. The Morgan fingerprint density at radius 1 is 1.44 bits per heavy atom. The Hall–Kier alpha value is -1.92. The Morgan fingerprint density at radius 3 is 2.69 bits per heavy atom. The zero-order chi connectivity index (χ0) is 11.8. The number of nitriles is 1. The average molecular weight is 214 g/mol. The van der Waals surface area contributed by atoms with Crippen LogP contribution >= 0.6 is 0 Å². The lowest BCUT2D eigenvalue weighted by molar-refractivity contribution is 0.0998. The zero-order valence-corrected chi connectivity index (χ0v) is 9.23. The van der Waals surface area contributed by atoms with E-state index in [9.17, 15) is 4.79 Å². The minimum Gasteiger partial charge on any atom is -0.316 e. The Bertz CT molecular complexity index is 413. The number of Topliss-reactive ketones (excluding diaryl/α,β-unsaturated/α-hetero) is 1. The molecular weight excluding hydrogens is 200 g/mol. The average Bonchev–Trinajstić information content (AvgIpc) is 2.30. The highest BCUT2D eigenvalue weighted by Crippen LogP contribution is 2.08. The molecule has 3 nitrogen and oxygen atoms in total. The van der Waals surface area contributed by atoms with E-state index in [-0.39, 0.29) is 12.2 Å². The van der Waals surface area contributed by atoms with Gasteiger partial charge in [0, 0.05) is 12.1 Å². The van der Waals surface area contributed by atoms with Crippen LogP contribution in [0.5, 0.6) is 0 Å². The second kappa shape index (κ2) is 6.54. The number of rotatable bonds is 5. The van der Waals surface area contributed by atoms with E-state index in [1.54, 1.807) is 12.1 Å². The molecule has 1 N–H and O–H groups in total. The van der Waals surface area contributed by atoms with Crippen molar-refractivity contribution in [1.29, 1.82) is 5.26 Å². The molecule has 0 fully saturated rings. The molecule has 0 unspecified atom stereocenters. The number of hydrogen-bond acceptors (Lipinski definition) is 3. The third kappa shape index (κ3) is 3.68. The van der Waals surface area contributed by atoms with E-state index in [2.05, 4.69) is 5.32 Å². The molecule has 0 radical (unpaired) electrons. The van der Waals surface area contributed by atoms with E-state index >= 15 is 0 Å². The molecule has 0 heterocycles. The Kier molecular flexibility index (Phi) is 4.97. The summed E-state index contributed by atoms with van der Waals surface area (Å²) in [6.45, 7) is 0.815. The Morgan fingerprint density at radius 2 is 2.12 bits per heavy atom. The van der Waals surface area contributed by atoms with Gasteiger partial charge >= 0.3 is 0 Å². The number of nitrogens with one attached hydrogen (secondary N) is 1. The second-order valence-corrected chi connectivity index (χ2v) is 3.34. The maximum atomic E-state index is 11.4. The molecule has 0 saturated heterocycles. The summed E-state index contributed by atoms with van der Waals surface area (Å²) in [5.41, 5.74) is 1.64. The van der Waals surface area contributed by atoms with Crippen molar-refractivity contribution in [1.82, 2.24) is 5.32 Å². The van der Waals surface area contributed by atoms with Crippen molar-refractivity contribution < 1.29 is 4.79 Å². The highest BCUT2D eigenvalue weighted by atomic mass is 16.1. The first kappa shape index (κ1) is 12.2. The van der Waals surface area contributed by atoms with Crippen LogP contribution in [-0.2, 0) is 0 Å². The molecule has 0 saturated carbocycles. The molecule has 0 aliphatic rings. The summed E-state index contributed by atoms with van der Waals surface area (Å²) in [6.07, 6.45) is 3.93. The summed E-state index contributed by atoms with van der Waals surface area (Å²) in [5, 5.41) is 11.4. The van der Waals surface area contributed by atoms with Crippen LogP contribution in [0.15, 0.2) is 30.3 Å². The van der Waals surface area contributed by atoms with Crippen molar-refractivity contribution in [2.75, 3.05) is 13.6 Å². The lowest BCUT2D eigenvalue weighted by Gasteiger charge is -1.97. The molecule has 0 amide bonds. The number of likely N-dealkylation sites (N-methyl/N-ethyl adjacent to an activating group) is 1. The van der Waals surface area contributed by atoms with Crippen LogP contribution < -0.4 is 5.32 Å². The normalized spacial score (nSPS) is 10.2. The first-order chi connectivity index (χ1) is 7.77. The maximum absolute atomic E-state index is 11.4. The molecule has 82 valence electrons. The molecule has 0 bridgehead atoms. The summed E-state index contributed by atoms with van der Waals surface area (Å²) in [7, 11) is 1.88. The highest BCUT2D eigenvalue weighted by molar-refractivity contribution is 5.97. The fourth-order valence-corrected chi connectivity index (χ4v) is 1.27. The first-order valence-corrected chi connectivity index (χ1v) is 5.09. The van der Waals surface area contributed by atoms with Gasteiger partial charge in [0.05, 0.1) is 12.5 Å². The molecule has 0 spiro atoms. The summed E-state index contributed by atoms with van der Waals surface area (Å²) in [4.78, 5) is 11.4. The fraction of sp³-hybridized carbons (Fsp3) is 0.231. The molecule has 3 heteroatoms. The topological polar surface area (TPSA) is 52.9 Å². The monoisotopic (exact) mass is 214 g/mol. The van der Waals surface area contributed by atoms with Crippen LogP contribution in [-0.4, -0.2) is 19.4 Å². The van der Waals surface area contributed by atoms with Gasteiger partial charge in [-0.05, 0) is 12.6 Å². The van der Waals surface area contributed by atoms with Gasteiger partial charge in [0.1, 0.15) is 0 Å². The van der Waals surface area contributed by atoms with Crippen LogP contribution in [0.1, 0.15) is 22.3 Å². The van der Waals surface area contributed by atoms with Crippen LogP contribution in [0.4, 0.5) is 0 Å². The van der Waals surface area contributed by atoms with Gasteiger partial charge in [-0.3, -0.25) is 4.79 Å². The molecule has 1 aromatic carbocycles. The predicted octanol–water partition coefficient (Wildman–Crippen LogP) is 2.02. The number of carbonyl (C=O) groups excluding carboxylic acids is 1. The van der Waals surface area contributed by atoms with Gasteiger partial charge in [0.25, 0.3) is 0 Å². The van der Waals surface area contributed by atoms with Gasteiger partial charge in [-0.25, -0.2) is 0 Å². The fourth-order valence-electron chi connectivity index (χ4n) is 1.27. The van der Waals surface area contributed by atoms with Crippen molar-refractivity contribution in [3.05, 3.63) is 41.5 Å². The molecular formula is C13H14N2O. The van der Waals surface area contributed by atoms with Gasteiger partial charge < -0.3 is 5.32 Å². The number of carbonyl (C=O) groups is 1. The van der Waals surface area contributed by atoms with Crippen molar-refractivity contribution in [3.8, 4) is 6.07 Å². The lowest BCUT2D eigenvalue weighted by atomic mass is 10.1. The van der Waals surface area contributed by atoms with E-state index in [4.69, 9.17) is 5.26 Å². The van der Waals surface area contributed by atoms with E-state index in [1.165, 1.54) is 0 Å². The molecule has 1 aromatic rings. The summed E-state index contributed by atoms with van der Waals surface area (Å²) >= 11 is 0. The van der Waals surface area contributed by atoms with Crippen LogP contribution in [0.3, 0.4) is 0 Å². The number of nitrogens with zero attached hydrogens (tertiary/aromatic N) is 1. The summed E-state index contributed by atoms with van der Waals surface area (Å²) in [6, 6.07) is 9.09. The van der Waals surface area contributed by atoms with E-state index in [1.807, 2.05) is 37.4 Å². The largest absolute Gasteiger partial charge is 0.316 e. The van der Waals surface area contributed by atoms with E-state index in [0.29, 0.717) is 5.56 Å². The zero-order valence-electron chi connectivity index (χ0n) is 9.23. The molecule has 0 atom stereocenters. The van der Waals surface area contributed by atoms with Crippen LogP contribution in [0.25, 0.3) is 6.08 Å². The van der Waals surface area contributed by atoms with Gasteiger partial charge in [0.15, 0.2) is 5.78 Å². The van der Waals surface area contributed by atoms with Gasteiger partial charge in [-0.1, -0.05) is 36.4 Å². The molecule has 0 aliphatic carbocycles. The lowest BCUT2D eigenvalue weighted by Crippen LogP contribution is -2.03. The smallest absolute Gasteiger partial charge is 0.176 e. The number of hydrogen-bond donors (Lipinski definition) is 1. The quantitative estimate of drug-likeness (QED) is 0.763. The van der Waals surface area contributed by atoms with Gasteiger partial charge in [-0.15, -0.1) is 0 Å². The third-order valence-corrected chi connectivity index (χ3v) is 2.10. The molecule has 1 rings (SSSR count). The summed E-state index contributed by atoms with van der Waals surface area (Å²) in [5.74, 6) is -0.131. The second-order valence-electron chi connectivity index (χ2n) is 3.34.